The van der Waals surface area contributed by atoms with Crippen LogP contribution in [0.4, 0.5) is 0 Å². The average Bonchev–Trinajstić information content (AvgIpc) is 2.75. The van der Waals surface area contributed by atoms with Crippen LogP contribution in [0, 0.1) is 13.8 Å². The number of hydrogen-bond donors (Lipinski definition) is 1. The lowest BCUT2D eigenvalue weighted by molar-refractivity contribution is 0.399. The molecule has 0 saturated heterocycles. The molecule has 158 valence electrons. The molecule has 0 aliphatic heterocycles. The standard InChI is InChI=1S/C24H23N3O3S/c1-17-8-10-22(11-9-17)31(29,30)27(15-19-6-4-12-25-14-19)16-21-13-20-7-3-5-18(2)23(20)26-24(21)28/h3-14H,15-16H2,1-2H3,(H,26,28). The lowest BCUT2D eigenvalue weighted by atomic mass is 10.1. The molecule has 2 aromatic heterocycles. The zero-order chi connectivity index (χ0) is 22.0. The van der Waals surface area contributed by atoms with Crippen molar-refractivity contribution in [1.82, 2.24) is 14.3 Å². The molecule has 7 heteroatoms. The number of aryl methyl sites for hydroxylation is 2. The molecule has 0 saturated carbocycles. The number of fused-ring (bicyclic) bond motifs is 1. The number of sulfonamides is 1. The van der Waals surface area contributed by atoms with Crippen molar-refractivity contribution in [2.75, 3.05) is 0 Å². The second kappa shape index (κ2) is 8.45. The van der Waals surface area contributed by atoms with Crippen molar-refractivity contribution < 1.29 is 8.42 Å². The maximum absolute atomic E-state index is 13.5. The lowest BCUT2D eigenvalue weighted by Crippen LogP contribution is -2.32. The predicted octanol–water partition coefficient (Wildman–Crippen LogP) is 3.93. The first-order chi connectivity index (χ1) is 14.8. The molecular formula is C24H23N3O3S. The Labute approximate surface area is 181 Å². The van der Waals surface area contributed by atoms with Gasteiger partial charge in [-0.1, -0.05) is 42.0 Å². The largest absolute Gasteiger partial charge is 0.321 e. The van der Waals surface area contributed by atoms with Gasteiger partial charge in [-0.25, -0.2) is 8.42 Å². The molecule has 0 atom stereocenters. The van der Waals surface area contributed by atoms with Crippen LogP contribution in [0.2, 0.25) is 0 Å². The normalized spacial score (nSPS) is 11.8. The summed E-state index contributed by atoms with van der Waals surface area (Å²) in [5.74, 6) is 0. The number of nitrogens with one attached hydrogen (secondary N) is 1. The fraction of sp³-hybridized carbons (Fsp3) is 0.167. The van der Waals surface area contributed by atoms with Gasteiger partial charge in [0.1, 0.15) is 0 Å². The van der Waals surface area contributed by atoms with Crippen molar-refractivity contribution in [3.63, 3.8) is 0 Å². The number of H-pyrrole nitrogens is 1. The van der Waals surface area contributed by atoms with E-state index in [2.05, 4.69) is 9.97 Å². The van der Waals surface area contributed by atoms with E-state index in [0.717, 1.165) is 27.6 Å². The zero-order valence-corrected chi connectivity index (χ0v) is 18.2. The third kappa shape index (κ3) is 4.42. The fourth-order valence-electron chi connectivity index (χ4n) is 3.52. The molecule has 0 aliphatic carbocycles. The molecule has 2 aromatic carbocycles. The number of aromatic amines is 1. The summed E-state index contributed by atoms with van der Waals surface area (Å²) in [4.78, 5) is 20.0. The molecule has 0 unspecified atom stereocenters. The number of para-hydroxylation sites is 1. The fourth-order valence-corrected chi connectivity index (χ4v) is 4.92. The van der Waals surface area contributed by atoms with Gasteiger partial charge in [0.2, 0.25) is 10.0 Å². The maximum atomic E-state index is 13.5. The minimum Gasteiger partial charge on any atom is -0.321 e. The molecule has 0 spiro atoms. The zero-order valence-electron chi connectivity index (χ0n) is 17.4. The third-order valence-corrected chi connectivity index (χ3v) is 7.06. The number of nitrogens with zero attached hydrogens (tertiary/aromatic N) is 2. The van der Waals surface area contributed by atoms with E-state index in [1.807, 2.05) is 38.1 Å². The van der Waals surface area contributed by atoms with Crippen LogP contribution in [0.5, 0.6) is 0 Å². The predicted molar refractivity (Wildman–Crippen MR) is 121 cm³/mol. The van der Waals surface area contributed by atoms with Crippen LogP contribution in [-0.4, -0.2) is 22.7 Å². The topological polar surface area (TPSA) is 83.1 Å². The Kier molecular flexibility index (Phi) is 5.71. The number of hydrogen-bond acceptors (Lipinski definition) is 4. The van der Waals surface area contributed by atoms with E-state index in [4.69, 9.17) is 0 Å². The van der Waals surface area contributed by atoms with E-state index in [0.29, 0.717) is 5.56 Å². The van der Waals surface area contributed by atoms with Gasteiger partial charge in [0.25, 0.3) is 5.56 Å². The van der Waals surface area contributed by atoms with Gasteiger partial charge in [0.05, 0.1) is 10.4 Å². The first-order valence-electron chi connectivity index (χ1n) is 9.92. The summed E-state index contributed by atoms with van der Waals surface area (Å²) >= 11 is 0. The van der Waals surface area contributed by atoms with E-state index in [1.54, 1.807) is 48.8 Å². The molecule has 0 radical (unpaired) electrons. The van der Waals surface area contributed by atoms with E-state index < -0.39 is 10.0 Å². The first-order valence-corrected chi connectivity index (χ1v) is 11.4. The van der Waals surface area contributed by atoms with Crippen molar-refractivity contribution in [2.45, 2.75) is 31.8 Å². The minimum absolute atomic E-state index is 0.0513. The Morgan fingerprint density at radius 1 is 0.968 bits per heavy atom. The number of rotatable bonds is 6. The summed E-state index contributed by atoms with van der Waals surface area (Å²) in [6.45, 7) is 3.88. The van der Waals surface area contributed by atoms with Gasteiger partial charge in [0.15, 0.2) is 0 Å². The molecule has 2 heterocycles. The third-order valence-electron chi connectivity index (χ3n) is 5.25. The van der Waals surface area contributed by atoms with Crippen LogP contribution in [0.15, 0.2) is 82.7 Å². The molecule has 6 nitrogen and oxygen atoms in total. The Morgan fingerprint density at radius 2 is 1.74 bits per heavy atom. The molecule has 31 heavy (non-hydrogen) atoms. The Bertz CT molecular complexity index is 1380. The summed E-state index contributed by atoms with van der Waals surface area (Å²) in [5, 5.41) is 0.865. The highest BCUT2D eigenvalue weighted by Crippen LogP contribution is 2.22. The second-order valence-electron chi connectivity index (χ2n) is 7.61. The maximum Gasteiger partial charge on any atom is 0.252 e. The van der Waals surface area contributed by atoms with Crippen molar-refractivity contribution in [3.05, 3.63) is 106 Å². The summed E-state index contributed by atoms with van der Waals surface area (Å²) in [7, 11) is -3.84. The summed E-state index contributed by atoms with van der Waals surface area (Å²) in [5.41, 5.74) is 3.53. The lowest BCUT2D eigenvalue weighted by Gasteiger charge is -2.22. The van der Waals surface area contributed by atoms with Gasteiger partial charge in [-0.05, 0) is 54.6 Å². The Morgan fingerprint density at radius 3 is 2.45 bits per heavy atom. The van der Waals surface area contributed by atoms with Gasteiger partial charge in [-0.3, -0.25) is 9.78 Å². The molecule has 0 amide bonds. The van der Waals surface area contributed by atoms with Gasteiger partial charge < -0.3 is 4.98 Å². The van der Waals surface area contributed by atoms with Crippen molar-refractivity contribution in [3.8, 4) is 0 Å². The second-order valence-corrected chi connectivity index (χ2v) is 9.55. The van der Waals surface area contributed by atoms with Crippen molar-refractivity contribution in [2.24, 2.45) is 0 Å². The number of aromatic nitrogens is 2. The van der Waals surface area contributed by atoms with Crippen LogP contribution in [0.25, 0.3) is 10.9 Å². The molecule has 0 bridgehead atoms. The van der Waals surface area contributed by atoms with Crippen molar-refractivity contribution in [1.29, 1.82) is 0 Å². The van der Waals surface area contributed by atoms with E-state index >= 15 is 0 Å². The van der Waals surface area contributed by atoms with Gasteiger partial charge in [-0.15, -0.1) is 0 Å². The molecule has 4 rings (SSSR count). The molecular weight excluding hydrogens is 410 g/mol. The Hall–Kier alpha value is -3.29. The summed E-state index contributed by atoms with van der Waals surface area (Å²) < 4.78 is 28.3. The van der Waals surface area contributed by atoms with E-state index in [1.165, 1.54) is 4.31 Å². The van der Waals surface area contributed by atoms with E-state index in [-0.39, 0.29) is 23.5 Å². The molecule has 4 aromatic rings. The highest BCUT2D eigenvalue weighted by atomic mass is 32.2. The highest BCUT2D eigenvalue weighted by Gasteiger charge is 2.26. The van der Waals surface area contributed by atoms with E-state index in [9.17, 15) is 13.2 Å². The summed E-state index contributed by atoms with van der Waals surface area (Å²) in [6, 6.07) is 17.8. The van der Waals surface area contributed by atoms with Crippen molar-refractivity contribution >= 4 is 20.9 Å². The minimum atomic E-state index is -3.84. The first kappa shape index (κ1) is 21.0. The SMILES string of the molecule is Cc1ccc(S(=O)(=O)N(Cc2cccnc2)Cc2cc3cccc(C)c3[nH]c2=O)cc1. The molecule has 0 aliphatic rings. The van der Waals surface area contributed by atoms with Gasteiger partial charge in [0, 0.05) is 31.0 Å². The average molecular weight is 434 g/mol. The number of benzene rings is 2. The van der Waals surface area contributed by atoms with Crippen LogP contribution in [-0.2, 0) is 23.1 Å². The molecule has 0 fully saturated rings. The smallest absolute Gasteiger partial charge is 0.252 e. The highest BCUT2D eigenvalue weighted by molar-refractivity contribution is 7.89. The molecule has 1 N–H and O–H groups in total. The van der Waals surface area contributed by atoms with Crippen LogP contribution in [0.1, 0.15) is 22.3 Å². The quantitative estimate of drug-likeness (QED) is 0.499. The van der Waals surface area contributed by atoms with Crippen LogP contribution in [0.3, 0.4) is 0 Å². The van der Waals surface area contributed by atoms with Gasteiger partial charge >= 0.3 is 0 Å². The van der Waals surface area contributed by atoms with Crippen LogP contribution >= 0.6 is 0 Å². The monoisotopic (exact) mass is 433 g/mol. The number of pyridine rings is 2. The summed E-state index contributed by atoms with van der Waals surface area (Å²) in [6.07, 6.45) is 3.27. The van der Waals surface area contributed by atoms with Gasteiger partial charge in [-0.2, -0.15) is 4.31 Å². The van der Waals surface area contributed by atoms with Crippen LogP contribution < -0.4 is 5.56 Å². The Balaban J connectivity index is 1.78.